The van der Waals surface area contributed by atoms with Crippen molar-refractivity contribution in [1.82, 2.24) is 5.32 Å². The van der Waals surface area contributed by atoms with Crippen molar-refractivity contribution >= 4 is 45.6 Å². The van der Waals surface area contributed by atoms with Crippen LogP contribution >= 0.6 is 22.6 Å². The average Bonchev–Trinajstić information content (AvgIpc) is 2.43. The standard InChI is InChI=1S/C15H16IN3O/c1-2-18-15(20)13-9-11(17)5-8-14(13)19-12-6-3-10(16)4-7-12/h3-9,19H,2,17H2,1H3,(H,18,20). The fourth-order valence-electron chi connectivity index (χ4n) is 1.80. The quantitative estimate of drug-likeness (QED) is 0.562. The molecule has 0 spiro atoms. The van der Waals surface area contributed by atoms with Crippen LogP contribution in [0, 0.1) is 3.57 Å². The molecule has 0 aromatic heterocycles. The maximum atomic E-state index is 12.1. The smallest absolute Gasteiger partial charge is 0.253 e. The van der Waals surface area contributed by atoms with Crippen LogP contribution in [0.1, 0.15) is 17.3 Å². The highest BCUT2D eigenvalue weighted by atomic mass is 127. The van der Waals surface area contributed by atoms with Crippen LogP contribution in [0.4, 0.5) is 17.1 Å². The number of nitrogen functional groups attached to an aromatic ring is 1. The van der Waals surface area contributed by atoms with E-state index in [1.54, 1.807) is 12.1 Å². The molecule has 20 heavy (non-hydrogen) atoms. The molecule has 0 fully saturated rings. The van der Waals surface area contributed by atoms with E-state index in [2.05, 4.69) is 33.2 Å². The number of anilines is 3. The normalized spacial score (nSPS) is 10.1. The summed E-state index contributed by atoms with van der Waals surface area (Å²) in [6.45, 7) is 2.47. The van der Waals surface area contributed by atoms with Gasteiger partial charge < -0.3 is 16.4 Å². The van der Waals surface area contributed by atoms with Gasteiger partial charge in [0.1, 0.15) is 0 Å². The maximum absolute atomic E-state index is 12.1. The molecule has 104 valence electrons. The summed E-state index contributed by atoms with van der Waals surface area (Å²) >= 11 is 2.25. The second-order valence-corrected chi connectivity index (χ2v) is 5.54. The van der Waals surface area contributed by atoms with E-state index in [0.717, 1.165) is 14.9 Å². The molecular weight excluding hydrogens is 365 g/mol. The van der Waals surface area contributed by atoms with E-state index >= 15 is 0 Å². The zero-order valence-electron chi connectivity index (χ0n) is 11.1. The van der Waals surface area contributed by atoms with Crippen LogP contribution in [0.25, 0.3) is 0 Å². The second-order valence-electron chi connectivity index (χ2n) is 4.30. The Kier molecular flexibility index (Phi) is 4.84. The molecule has 0 aliphatic carbocycles. The zero-order chi connectivity index (χ0) is 14.5. The lowest BCUT2D eigenvalue weighted by molar-refractivity contribution is 0.0956. The molecule has 0 unspecified atom stereocenters. The van der Waals surface area contributed by atoms with E-state index in [1.165, 1.54) is 0 Å². The second kappa shape index (κ2) is 6.60. The number of hydrogen-bond acceptors (Lipinski definition) is 3. The van der Waals surface area contributed by atoms with Crippen molar-refractivity contribution < 1.29 is 4.79 Å². The number of rotatable bonds is 4. The number of amides is 1. The van der Waals surface area contributed by atoms with Crippen LogP contribution in [-0.4, -0.2) is 12.5 Å². The van der Waals surface area contributed by atoms with E-state index in [-0.39, 0.29) is 5.91 Å². The molecule has 2 aromatic rings. The largest absolute Gasteiger partial charge is 0.399 e. The van der Waals surface area contributed by atoms with Crippen molar-refractivity contribution in [2.45, 2.75) is 6.92 Å². The summed E-state index contributed by atoms with van der Waals surface area (Å²) in [5, 5.41) is 6.04. The van der Waals surface area contributed by atoms with E-state index in [4.69, 9.17) is 5.73 Å². The number of carbonyl (C=O) groups is 1. The molecule has 5 heteroatoms. The third-order valence-electron chi connectivity index (χ3n) is 2.75. The molecular formula is C15H16IN3O. The van der Waals surface area contributed by atoms with Gasteiger partial charge in [0.25, 0.3) is 5.91 Å². The van der Waals surface area contributed by atoms with E-state index in [1.807, 2.05) is 37.3 Å². The van der Waals surface area contributed by atoms with E-state index < -0.39 is 0 Å². The number of benzene rings is 2. The Balaban J connectivity index is 2.31. The molecule has 0 saturated carbocycles. The molecule has 2 rings (SSSR count). The lowest BCUT2D eigenvalue weighted by Crippen LogP contribution is -2.23. The highest BCUT2D eigenvalue weighted by molar-refractivity contribution is 14.1. The van der Waals surface area contributed by atoms with Gasteiger partial charge in [0, 0.05) is 21.5 Å². The average molecular weight is 381 g/mol. The SMILES string of the molecule is CCNC(=O)c1cc(N)ccc1Nc1ccc(I)cc1. The monoisotopic (exact) mass is 381 g/mol. The van der Waals surface area contributed by atoms with Crippen molar-refractivity contribution in [2.24, 2.45) is 0 Å². The van der Waals surface area contributed by atoms with Gasteiger partial charge in [-0.15, -0.1) is 0 Å². The van der Waals surface area contributed by atoms with E-state index in [0.29, 0.717) is 17.8 Å². The highest BCUT2D eigenvalue weighted by Gasteiger charge is 2.11. The Bertz CT molecular complexity index is 611. The van der Waals surface area contributed by atoms with Crippen molar-refractivity contribution in [1.29, 1.82) is 0 Å². The Labute approximate surface area is 131 Å². The molecule has 4 N–H and O–H groups in total. The molecule has 0 atom stereocenters. The predicted molar refractivity (Wildman–Crippen MR) is 91.3 cm³/mol. The van der Waals surface area contributed by atoms with Crippen LogP contribution in [0.3, 0.4) is 0 Å². The number of hydrogen-bond donors (Lipinski definition) is 3. The lowest BCUT2D eigenvalue weighted by atomic mass is 10.1. The van der Waals surface area contributed by atoms with Gasteiger partial charge in [0.05, 0.1) is 11.3 Å². The summed E-state index contributed by atoms with van der Waals surface area (Å²) in [5.41, 5.74) is 8.55. The third-order valence-corrected chi connectivity index (χ3v) is 3.47. The van der Waals surface area contributed by atoms with Gasteiger partial charge in [0.2, 0.25) is 0 Å². The molecule has 4 nitrogen and oxygen atoms in total. The minimum Gasteiger partial charge on any atom is -0.399 e. The van der Waals surface area contributed by atoms with Gasteiger partial charge in [-0.05, 0) is 72.0 Å². The Morgan fingerprint density at radius 1 is 1.20 bits per heavy atom. The van der Waals surface area contributed by atoms with Crippen LogP contribution in [0.15, 0.2) is 42.5 Å². The number of carbonyl (C=O) groups excluding carboxylic acids is 1. The fraction of sp³-hybridized carbons (Fsp3) is 0.133. The van der Waals surface area contributed by atoms with Gasteiger partial charge in [-0.2, -0.15) is 0 Å². The van der Waals surface area contributed by atoms with Crippen LogP contribution in [-0.2, 0) is 0 Å². The summed E-state index contributed by atoms with van der Waals surface area (Å²) in [5.74, 6) is -0.132. The minimum atomic E-state index is -0.132. The van der Waals surface area contributed by atoms with Gasteiger partial charge in [-0.1, -0.05) is 0 Å². The minimum absolute atomic E-state index is 0.132. The topological polar surface area (TPSA) is 67.2 Å². The molecule has 0 heterocycles. The van der Waals surface area contributed by atoms with Crippen molar-refractivity contribution in [2.75, 3.05) is 17.6 Å². The summed E-state index contributed by atoms with van der Waals surface area (Å²) in [6, 6.07) is 13.2. The molecule has 1 amide bonds. The van der Waals surface area contributed by atoms with Gasteiger partial charge in [-0.25, -0.2) is 0 Å². The first-order valence-corrected chi connectivity index (χ1v) is 7.38. The van der Waals surface area contributed by atoms with Crippen LogP contribution in [0.2, 0.25) is 0 Å². The number of nitrogens with one attached hydrogen (secondary N) is 2. The molecule has 0 aliphatic rings. The summed E-state index contributed by atoms with van der Waals surface area (Å²) < 4.78 is 1.16. The Hall–Kier alpha value is -1.76. The first-order chi connectivity index (χ1) is 9.60. The highest BCUT2D eigenvalue weighted by Crippen LogP contribution is 2.23. The number of nitrogens with two attached hydrogens (primary N) is 1. The molecule has 0 bridgehead atoms. The van der Waals surface area contributed by atoms with E-state index in [9.17, 15) is 4.79 Å². The third kappa shape index (κ3) is 3.63. The van der Waals surface area contributed by atoms with Crippen molar-refractivity contribution in [3.63, 3.8) is 0 Å². The van der Waals surface area contributed by atoms with Gasteiger partial charge in [0.15, 0.2) is 0 Å². The van der Waals surface area contributed by atoms with Crippen LogP contribution < -0.4 is 16.4 Å². The Morgan fingerprint density at radius 3 is 2.55 bits per heavy atom. The van der Waals surface area contributed by atoms with Gasteiger partial charge in [-0.3, -0.25) is 4.79 Å². The number of halogens is 1. The first-order valence-electron chi connectivity index (χ1n) is 6.30. The van der Waals surface area contributed by atoms with Crippen molar-refractivity contribution in [3.8, 4) is 0 Å². The zero-order valence-corrected chi connectivity index (χ0v) is 13.3. The maximum Gasteiger partial charge on any atom is 0.253 e. The fourth-order valence-corrected chi connectivity index (χ4v) is 2.16. The molecule has 0 saturated heterocycles. The van der Waals surface area contributed by atoms with Gasteiger partial charge >= 0.3 is 0 Å². The summed E-state index contributed by atoms with van der Waals surface area (Å²) in [7, 11) is 0. The summed E-state index contributed by atoms with van der Waals surface area (Å²) in [4.78, 5) is 12.1. The molecule has 0 aliphatic heterocycles. The molecule has 2 aromatic carbocycles. The molecule has 0 radical (unpaired) electrons. The predicted octanol–water partition coefficient (Wildman–Crippen LogP) is 3.37. The first kappa shape index (κ1) is 14.6. The lowest BCUT2D eigenvalue weighted by Gasteiger charge is -2.12. The summed E-state index contributed by atoms with van der Waals surface area (Å²) in [6.07, 6.45) is 0. The Morgan fingerprint density at radius 2 is 1.90 bits per heavy atom. The van der Waals surface area contributed by atoms with Crippen molar-refractivity contribution in [3.05, 3.63) is 51.6 Å². The van der Waals surface area contributed by atoms with Crippen LogP contribution in [0.5, 0.6) is 0 Å².